The maximum Gasteiger partial charge on any atom is 0.254 e. The number of carbonyl (C=O) groups is 1. The summed E-state index contributed by atoms with van der Waals surface area (Å²) < 4.78 is 15.5. The van der Waals surface area contributed by atoms with Crippen LogP contribution in [0.2, 0.25) is 0 Å². The highest BCUT2D eigenvalue weighted by atomic mass is 19.1. The molecule has 0 spiro atoms. The lowest BCUT2D eigenvalue weighted by Gasteiger charge is -2.19. The van der Waals surface area contributed by atoms with Gasteiger partial charge in [0.1, 0.15) is 23.5 Å². The van der Waals surface area contributed by atoms with E-state index in [1.807, 2.05) is 7.05 Å². The van der Waals surface area contributed by atoms with Gasteiger partial charge in [-0.15, -0.1) is 0 Å². The van der Waals surface area contributed by atoms with Crippen molar-refractivity contribution in [3.8, 4) is 0 Å². The molecule has 2 N–H and O–H groups in total. The molecule has 2 heterocycles. The Balaban J connectivity index is 1.79. The van der Waals surface area contributed by atoms with E-state index in [2.05, 4.69) is 20.3 Å². The number of amides is 1. The molecule has 7 nitrogen and oxygen atoms in total. The number of imidazole rings is 1. The van der Waals surface area contributed by atoms with Crippen LogP contribution in [0.4, 0.5) is 4.39 Å². The molecular formula is C20H22FN5O2. The van der Waals surface area contributed by atoms with Crippen molar-refractivity contribution in [2.45, 2.75) is 32.7 Å². The Morgan fingerprint density at radius 2 is 2.14 bits per heavy atom. The van der Waals surface area contributed by atoms with E-state index < -0.39 is 6.04 Å². The minimum Gasteiger partial charge on any atom is -0.342 e. The first-order valence-electron chi connectivity index (χ1n) is 8.93. The van der Waals surface area contributed by atoms with Gasteiger partial charge in [0.15, 0.2) is 0 Å². The van der Waals surface area contributed by atoms with Gasteiger partial charge in [0.05, 0.1) is 0 Å². The predicted octanol–water partition coefficient (Wildman–Crippen LogP) is 2.10. The van der Waals surface area contributed by atoms with Gasteiger partial charge < -0.3 is 14.9 Å². The van der Waals surface area contributed by atoms with Gasteiger partial charge in [0.25, 0.3) is 5.56 Å². The Morgan fingerprint density at radius 1 is 1.36 bits per heavy atom. The number of rotatable bonds is 6. The molecule has 0 aliphatic heterocycles. The van der Waals surface area contributed by atoms with E-state index in [1.165, 1.54) is 12.1 Å². The minimum atomic E-state index is -0.598. The Bertz CT molecular complexity index is 1060. The zero-order chi connectivity index (χ0) is 20.3. The summed E-state index contributed by atoms with van der Waals surface area (Å²) in [5.41, 5.74) is 1.46. The summed E-state index contributed by atoms with van der Waals surface area (Å²) in [4.78, 5) is 35.9. The number of carbonyl (C=O) groups excluding carboxylic acids is 1. The fourth-order valence-electron chi connectivity index (χ4n) is 3.16. The smallest absolute Gasteiger partial charge is 0.254 e. The van der Waals surface area contributed by atoms with Crippen molar-refractivity contribution in [2.75, 3.05) is 0 Å². The van der Waals surface area contributed by atoms with E-state index in [0.29, 0.717) is 28.5 Å². The number of H-pyrrole nitrogens is 1. The molecular weight excluding hydrogens is 361 g/mol. The monoisotopic (exact) mass is 383 g/mol. The number of nitrogens with zero attached hydrogens (tertiary/aromatic N) is 3. The van der Waals surface area contributed by atoms with Crippen LogP contribution >= 0.6 is 0 Å². The summed E-state index contributed by atoms with van der Waals surface area (Å²) in [5.74, 6) is 0.470. The number of hydrogen-bond acceptors (Lipinski definition) is 4. The molecule has 1 unspecified atom stereocenters. The number of nitrogens with one attached hydrogen (secondary N) is 2. The maximum absolute atomic E-state index is 13.7. The van der Waals surface area contributed by atoms with Crippen LogP contribution in [0.5, 0.6) is 0 Å². The zero-order valence-electron chi connectivity index (χ0n) is 16.0. The van der Waals surface area contributed by atoms with E-state index in [4.69, 9.17) is 0 Å². The van der Waals surface area contributed by atoms with Gasteiger partial charge >= 0.3 is 0 Å². The van der Waals surface area contributed by atoms with Crippen LogP contribution < -0.4 is 10.9 Å². The third kappa shape index (κ3) is 4.33. The highest BCUT2D eigenvalue weighted by Crippen LogP contribution is 2.21. The molecule has 8 heteroatoms. The van der Waals surface area contributed by atoms with Gasteiger partial charge in [-0.3, -0.25) is 9.59 Å². The number of hydrogen-bond donors (Lipinski definition) is 2. The lowest BCUT2D eigenvalue weighted by molar-refractivity contribution is -0.121. The number of aromatic nitrogens is 4. The molecule has 1 aromatic carbocycles. The molecule has 2 aromatic heterocycles. The van der Waals surface area contributed by atoms with Crippen LogP contribution in [0, 0.1) is 19.7 Å². The second-order valence-electron chi connectivity index (χ2n) is 6.67. The Morgan fingerprint density at radius 3 is 2.79 bits per heavy atom. The summed E-state index contributed by atoms with van der Waals surface area (Å²) in [6, 6.07) is 5.45. The fraction of sp³-hybridized carbons (Fsp3) is 0.300. The van der Waals surface area contributed by atoms with Crippen molar-refractivity contribution in [1.29, 1.82) is 0 Å². The molecule has 146 valence electrons. The third-order valence-electron chi connectivity index (χ3n) is 4.55. The Labute approximate surface area is 161 Å². The van der Waals surface area contributed by atoms with E-state index in [1.54, 1.807) is 42.9 Å². The standard InChI is InChI=1S/C20H22FN5O2/c1-12-16(20(28)24-13(2)23-12)7-8-17(27)25-18(19-22-9-10-26(19)3)14-5-4-6-15(21)11-14/h4-6,9-11,18H,7-8H2,1-3H3,(H,25,27)(H,23,24,28). The number of benzene rings is 1. The molecule has 1 amide bonds. The first-order chi connectivity index (χ1) is 13.3. The Hall–Kier alpha value is -3.29. The zero-order valence-corrected chi connectivity index (χ0v) is 16.0. The second kappa shape index (κ2) is 8.16. The molecule has 0 saturated heterocycles. The van der Waals surface area contributed by atoms with E-state index in [0.717, 1.165) is 0 Å². The summed E-state index contributed by atoms with van der Waals surface area (Å²) in [6.07, 6.45) is 3.74. The molecule has 28 heavy (non-hydrogen) atoms. The van der Waals surface area contributed by atoms with Crippen molar-refractivity contribution in [2.24, 2.45) is 7.05 Å². The molecule has 0 aliphatic carbocycles. The van der Waals surface area contributed by atoms with Crippen molar-refractivity contribution in [1.82, 2.24) is 24.8 Å². The van der Waals surface area contributed by atoms with Crippen LogP contribution in [0.3, 0.4) is 0 Å². The quantitative estimate of drug-likeness (QED) is 0.682. The molecule has 3 rings (SSSR count). The predicted molar refractivity (Wildman–Crippen MR) is 102 cm³/mol. The number of aryl methyl sites for hydroxylation is 3. The fourth-order valence-corrected chi connectivity index (χ4v) is 3.16. The summed E-state index contributed by atoms with van der Waals surface area (Å²) in [7, 11) is 1.81. The average molecular weight is 383 g/mol. The lowest BCUT2D eigenvalue weighted by atomic mass is 10.0. The lowest BCUT2D eigenvalue weighted by Crippen LogP contribution is -2.32. The van der Waals surface area contributed by atoms with Gasteiger partial charge in [-0.05, 0) is 38.0 Å². The number of halogens is 1. The van der Waals surface area contributed by atoms with Gasteiger partial charge in [-0.1, -0.05) is 12.1 Å². The van der Waals surface area contributed by atoms with Crippen molar-refractivity contribution in [3.63, 3.8) is 0 Å². The topological polar surface area (TPSA) is 92.7 Å². The summed E-state index contributed by atoms with van der Waals surface area (Å²) >= 11 is 0. The average Bonchev–Trinajstić information content (AvgIpc) is 3.04. The first kappa shape index (κ1) is 19.5. The van der Waals surface area contributed by atoms with Gasteiger partial charge in [-0.25, -0.2) is 14.4 Å². The van der Waals surface area contributed by atoms with Crippen LogP contribution in [0.25, 0.3) is 0 Å². The van der Waals surface area contributed by atoms with Crippen molar-refractivity contribution in [3.05, 3.63) is 81.3 Å². The van der Waals surface area contributed by atoms with Crippen LogP contribution in [-0.4, -0.2) is 25.4 Å². The number of aromatic amines is 1. The molecule has 0 saturated carbocycles. The Kier molecular flexibility index (Phi) is 5.67. The second-order valence-corrected chi connectivity index (χ2v) is 6.67. The molecule has 0 aliphatic rings. The van der Waals surface area contributed by atoms with Crippen molar-refractivity contribution >= 4 is 5.91 Å². The summed E-state index contributed by atoms with van der Waals surface area (Å²) in [6.45, 7) is 3.46. The van der Waals surface area contributed by atoms with Gasteiger partial charge in [0.2, 0.25) is 5.91 Å². The normalized spacial score (nSPS) is 12.0. The molecule has 0 bridgehead atoms. The van der Waals surface area contributed by atoms with E-state index in [9.17, 15) is 14.0 Å². The van der Waals surface area contributed by atoms with Gasteiger partial charge in [-0.2, -0.15) is 0 Å². The SMILES string of the molecule is Cc1nc(C)c(CCC(=O)NC(c2cccc(F)c2)c2nccn2C)c(=O)[nH]1. The van der Waals surface area contributed by atoms with Crippen molar-refractivity contribution < 1.29 is 9.18 Å². The molecule has 0 radical (unpaired) electrons. The molecule has 0 fully saturated rings. The maximum atomic E-state index is 13.7. The largest absolute Gasteiger partial charge is 0.342 e. The highest BCUT2D eigenvalue weighted by Gasteiger charge is 2.21. The van der Waals surface area contributed by atoms with Gasteiger partial charge in [0, 0.05) is 37.1 Å². The highest BCUT2D eigenvalue weighted by molar-refractivity contribution is 5.77. The molecule has 3 aromatic rings. The third-order valence-corrected chi connectivity index (χ3v) is 4.55. The minimum absolute atomic E-state index is 0.102. The van der Waals surface area contributed by atoms with E-state index >= 15 is 0 Å². The van der Waals surface area contributed by atoms with E-state index in [-0.39, 0.29) is 30.1 Å². The van der Waals surface area contributed by atoms with Crippen LogP contribution in [0.15, 0.2) is 41.5 Å². The summed E-state index contributed by atoms with van der Waals surface area (Å²) in [5, 5.41) is 2.90. The van der Waals surface area contributed by atoms with Crippen LogP contribution in [0.1, 0.15) is 40.9 Å². The molecule has 1 atom stereocenters. The van der Waals surface area contributed by atoms with Crippen LogP contribution in [-0.2, 0) is 18.3 Å². The first-order valence-corrected chi connectivity index (χ1v) is 8.93.